The summed E-state index contributed by atoms with van der Waals surface area (Å²) < 4.78 is 88.2. The fraction of sp³-hybridized carbons (Fsp3) is 0.500. The zero-order valence-electron chi connectivity index (χ0n) is 20.7. The van der Waals surface area contributed by atoms with Crippen LogP contribution in [0.4, 0.5) is 32.3 Å². The number of alkyl halides is 6. The number of benzene rings is 1. The zero-order valence-corrected chi connectivity index (χ0v) is 20.7. The van der Waals surface area contributed by atoms with E-state index in [0.29, 0.717) is 35.1 Å². The van der Waals surface area contributed by atoms with Crippen molar-refractivity contribution < 1.29 is 31.1 Å². The first-order valence-corrected chi connectivity index (χ1v) is 12.4. The van der Waals surface area contributed by atoms with Crippen LogP contribution >= 0.6 is 0 Å². The number of hydrogen-bond donors (Lipinski definition) is 1. The lowest BCUT2D eigenvalue weighted by Crippen LogP contribution is -2.57. The molecule has 1 aliphatic carbocycles. The molecular formula is C24H24F6N8O. The molecule has 0 amide bonds. The van der Waals surface area contributed by atoms with Gasteiger partial charge in [-0.3, -0.25) is 4.90 Å². The van der Waals surface area contributed by atoms with Crippen LogP contribution in [0, 0.1) is 0 Å². The van der Waals surface area contributed by atoms with E-state index in [4.69, 9.17) is 4.74 Å². The average molecular weight is 554 g/mol. The molecule has 3 aromatic heterocycles. The van der Waals surface area contributed by atoms with Gasteiger partial charge in [0.2, 0.25) is 11.8 Å². The van der Waals surface area contributed by atoms with Crippen LogP contribution < -0.4 is 10.1 Å². The molecule has 15 heteroatoms. The van der Waals surface area contributed by atoms with Crippen LogP contribution in [-0.2, 0) is 6.54 Å². The lowest BCUT2D eigenvalue weighted by atomic mass is 9.85. The highest BCUT2D eigenvalue weighted by molar-refractivity contribution is 5.89. The Morgan fingerprint density at radius 3 is 2.67 bits per heavy atom. The summed E-state index contributed by atoms with van der Waals surface area (Å²) in [6.45, 7) is -0.742. The first kappa shape index (κ1) is 25.6. The molecule has 4 heterocycles. The van der Waals surface area contributed by atoms with E-state index in [9.17, 15) is 26.3 Å². The molecule has 0 spiro atoms. The van der Waals surface area contributed by atoms with Gasteiger partial charge in [0, 0.05) is 43.7 Å². The van der Waals surface area contributed by atoms with Gasteiger partial charge in [-0.15, -0.1) is 10.2 Å². The van der Waals surface area contributed by atoms with Crippen molar-refractivity contribution in [3.63, 3.8) is 0 Å². The van der Waals surface area contributed by atoms with Crippen molar-refractivity contribution in [1.82, 2.24) is 34.5 Å². The summed E-state index contributed by atoms with van der Waals surface area (Å²) in [5, 5.41) is 14.9. The molecule has 208 valence electrons. The van der Waals surface area contributed by atoms with Gasteiger partial charge >= 0.3 is 6.18 Å². The maximum absolute atomic E-state index is 15.0. The van der Waals surface area contributed by atoms with Gasteiger partial charge in [0.05, 0.1) is 18.7 Å². The fourth-order valence-corrected chi connectivity index (χ4v) is 5.32. The first-order chi connectivity index (χ1) is 18.5. The first-order valence-electron chi connectivity index (χ1n) is 12.4. The zero-order chi connectivity index (χ0) is 27.5. The summed E-state index contributed by atoms with van der Waals surface area (Å²) in [6.07, 6.45) is -4.20. The van der Waals surface area contributed by atoms with Crippen LogP contribution in [-0.4, -0.2) is 85.0 Å². The fourth-order valence-electron chi connectivity index (χ4n) is 5.32. The standard InChI is InChI=1S/C24H24F6N8O/c1-39-21-20-15(13-2-3-18-19(8-13)38(35-33-18)12-24(28,29)30)4-7-37(20)34-22(32-21)31-17-5-6-36(11-16(17)25)14-9-23(26,27)10-14/h2-4,7-8,14,16-17H,5-6,9-12H2,1H3,(H,31,34)/t16-,17+/m1/s1. The highest BCUT2D eigenvalue weighted by Crippen LogP contribution is 2.41. The van der Waals surface area contributed by atoms with E-state index in [0.717, 1.165) is 4.68 Å². The van der Waals surface area contributed by atoms with Gasteiger partial charge in [0.15, 0.2) is 0 Å². The number of halogens is 6. The number of rotatable bonds is 6. The Labute approximate surface area is 217 Å². The van der Waals surface area contributed by atoms with Crippen molar-refractivity contribution in [3.8, 4) is 17.0 Å². The van der Waals surface area contributed by atoms with E-state index >= 15 is 0 Å². The lowest BCUT2D eigenvalue weighted by Gasteiger charge is -2.46. The van der Waals surface area contributed by atoms with E-state index in [1.165, 1.54) is 11.6 Å². The Bertz CT molecular complexity index is 1510. The van der Waals surface area contributed by atoms with Crippen molar-refractivity contribution in [3.05, 3.63) is 30.5 Å². The molecule has 0 bridgehead atoms. The van der Waals surface area contributed by atoms with Crippen LogP contribution in [0.5, 0.6) is 5.88 Å². The smallest absolute Gasteiger partial charge is 0.408 e. The Morgan fingerprint density at radius 1 is 1.18 bits per heavy atom. The molecule has 2 atom stereocenters. The molecule has 1 saturated heterocycles. The summed E-state index contributed by atoms with van der Waals surface area (Å²) in [7, 11) is 1.42. The van der Waals surface area contributed by atoms with Crippen molar-refractivity contribution in [2.45, 2.75) is 56.2 Å². The number of fused-ring (bicyclic) bond motifs is 2. The van der Waals surface area contributed by atoms with Crippen molar-refractivity contribution in [2.24, 2.45) is 0 Å². The number of nitrogens with zero attached hydrogens (tertiary/aromatic N) is 7. The Balaban J connectivity index is 1.24. The number of likely N-dealkylation sites (tertiary alicyclic amines) is 1. The summed E-state index contributed by atoms with van der Waals surface area (Å²) in [6, 6.07) is 5.66. The topological polar surface area (TPSA) is 85.4 Å². The second-order valence-corrected chi connectivity index (χ2v) is 10.0. The van der Waals surface area contributed by atoms with E-state index in [-0.39, 0.29) is 42.8 Å². The number of hydrogen-bond acceptors (Lipinski definition) is 7. The number of ether oxygens (including phenoxy) is 1. The van der Waals surface area contributed by atoms with Crippen molar-refractivity contribution >= 4 is 22.5 Å². The van der Waals surface area contributed by atoms with Crippen LogP contribution in [0.15, 0.2) is 30.5 Å². The molecule has 1 saturated carbocycles. The highest BCUT2D eigenvalue weighted by Gasteiger charge is 2.49. The minimum absolute atomic E-state index is 0.0493. The van der Waals surface area contributed by atoms with E-state index in [1.807, 2.05) is 0 Å². The highest BCUT2D eigenvalue weighted by atomic mass is 19.4. The number of aromatic nitrogens is 6. The minimum Gasteiger partial charge on any atom is -0.479 e. The Hall–Kier alpha value is -3.62. The number of methoxy groups -OCH3 is 1. The molecule has 9 nitrogen and oxygen atoms in total. The third-order valence-corrected chi connectivity index (χ3v) is 7.30. The Morgan fingerprint density at radius 2 is 1.97 bits per heavy atom. The van der Waals surface area contributed by atoms with Gasteiger partial charge in [-0.25, -0.2) is 22.4 Å². The SMILES string of the molecule is COc1nc(N[C@H]2CCN(C3CC(F)(F)C3)C[C@H]2F)nn2ccc(-c3ccc4nnn(CC(F)(F)F)c4c3)c12. The predicted octanol–water partition coefficient (Wildman–Crippen LogP) is 4.33. The molecule has 39 heavy (non-hydrogen) atoms. The largest absolute Gasteiger partial charge is 0.479 e. The van der Waals surface area contributed by atoms with Gasteiger partial charge in [0.25, 0.3) is 5.92 Å². The molecule has 0 unspecified atom stereocenters. The maximum atomic E-state index is 15.0. The van der Waals surface area contributed by atoms with Crippen LogP contribution in [0.2, 0.25) is 0 Å². The average Bonchev–Trinajstić information content (AvgIpc) is 3.46. The van der Waals surface area contributed by atoms with Crippen LogP contribution in [0.1, 0.15) is 19.3 Å². The van der Waals surface area contributed by atoms with Gasteiger partial charge in [-0.05, 0) is 30.2 Å². The van der Waals surface area contributed by atoms with Gasteiger partial charge in [-0.1, -0.05) is 11.3 Å². The van der Waals surface area contributed by atoms with Gasteiger partial charge in [-0.2, -0.15) is 18.2 Å². The number of nitrogens with one attached hydrogen (secondary N) is 1. The quantitative estimate of drug-likeness (QED) is 0.355. The summed E-state index contributed by atoms with van der Waals surface area (Å²) in [5.74, 6) is -2.35. The molecule has 1 aromatic carbocycles. The van der Waals surface area contributed by atoms with Crippen LogP contribution in [0.3, 0.4) is 0 Å². The van der Waals surface area contributed by atoms with Crippen molar-refractivity contribution in [2.75, 3.05) is 25.5 Å². The molecular weight excluding hydrogens is 530 g/mol. The monoisotopic (exact) mass is 554 g/mol. The number of piperidine rings is 1. The predicted molar refractivity (Wildman–Crippen MR) is 129 cm³/mol. The summed E-state index contributed by atoms with van der Waals surface area (Å²) in [5.41, 5.74) is 2.19. The maximum Gasteiger partial charge on any atom is 0.408 e. The Kier molecular flexibility index (Phi) is 6.08. The molecule has 1 aliphatic heterocycles. The third-order valence-electron chi connectivity index (χ3n) is 7.30. The second kappa shape index (κ2) is 9.24. The van der Waals surface area contributed by atoms with E-state index < -0.39 is 30.9 Å². The molecule has 2 fully saturated rings. The minimum atomic E-state index is -4.46. The van der Waals surface area contributed by atoms with E-state index in [2.05, 4.69) is 25.7 Å². The summed E-state index contributed by atoms with van der Waals surface area (Å²) >= 11 is 0. The molecule has 6 rings (SSSR count). The van der Waals surface area contributed by atoms with Gasteiger partial charge in [0.1, 0.15) is 23.7 Å². The van der Waals surface area contributed by atoms with Crippen LogP contribution in [0.25, 0.3) is 27.7 Å². The normalized spacial score (nSPS) is 22.3. The molecule has 2 aliphatic rings. The van der Waals surface area contributed by atoms with Crippen molar-refractivity contribution in [1.29, 1.82) is 0 Å². The second-order valence-electron chi connectivity index (χ2n) is 10.0. The lowest BCUT2D eigenvalue weighted by molar-refractivity contribution is -0.142. The summed E-state index contributed by atoms with van der Waals surface area (Å²) in [4.78, 5) is 6.18. The molecule has 0 radical (unpaired) electrons. The molecule has 4 aromatic rings. The number of anilines is 1. The van der Waals surface area contributed by atoms with E-state index in [1.54, 1.807) is 35.4 Å². The van der Waals surface area contributed by atoms with Gasteiger partial charge < -0.3 is 10.1 Å². The third kappa shape index (κ3) is 4.94. The molecule has 1 N–H and O–H groups in total.